The smallest absolute Gasteiger partial charge is 0.255 e. The second-order valence-corrected chi connectivity index (χ2v) is 7.56. The number of carbonyl (C=O) groups is 2. The molecule has 4 rings (SSSR count). The number of imidazole rings is 1. The molecule has 0 saturated carbocycles. The fraction of sp³-hybridized carbons (Fsp3) is 0.364. The van der Waals surface area contributed by atoms with E-state index in [1.165, 1.54) is 0 Å². The molecule has 7 heteroatoms. The van der Waals surface area contributed by atoms with Crippen molar-refractivity contribution < 1.29 is 9.59 Å². The monoisotopic (exact) mass is 391 g/mol. The average Bonchev–Trinajstić information content (AvgIpc) is 3.40. The van der Waals surface area contributed by atoms with Gasteiger partial charge in [0, 0.05) is 50.6 Å². The van der Waals surface area contributed by atoms with Gasteiger partial charge in [0.1, 0.15) is 5.65 Å². The fourth-order valence-electron chi connectivity index (χ4n) is 3.81. The van der Waals surface area contributed by atoms with E-state index >= 15 is 0 Å². The van der Waals surface area contributed by atoms with Crippen LogP contribution in [0.25, 0.3) is 5.65 Å². The molecule has 4 heterocycles. The van der Waals surface area contributed by atoms with Crippen molar-refractivity contribution in [1.82, 2.24) is 24.6 Å². The van der Waals surface area contributed by atoms with Crippen molar-refractivity contribution in [3.8, 4) is 0 Å². The van der Waals surface area contributed by atoms with Crippen LogP contribution in [0.4, 0.5) is 0 Å². The molecule has 0 radical (unpaired) electrons. The third-order valence-corrected chi connectivity index (χ3v) is 5.33. The van der Waals surface area contributed by atoms with Crippen molar-refractivity contribution in [3.63, 3.8) is 0 Å². The number of carbonyl (C=O) groups excluding carboxylic acids is 2. The Morgan fingerprint density at radius 3 is 3.00 bits per heavy atom. The zero-order valence-electron chi connectivity index (χ0n) is 16.5. The number of hydrogen-bond donors (Lipinski definition) is 1. The summed E-state index contributed by atoms with van der Waals surface area (Å²) in [5, 5.41) is 2.88. The predicted molar refractivity (Wildman–Crippen MR) is 110 cm³/mol. The molecule has 3 aromatic heterocycles. The molecule has 150 valence electrons. The Labute approximate surface area is 169 Å². The molecule has 1 aliphatic heterocycles. The van der Waals surface area contributed by atoms with E-state index in [0.717, 1.165) is 37.0 Å². The average molecular weight is 391 g/mol. The highest BCUT2D eigenvalue weighted by atomic mass is 16.2. The Bertz CT molecular complexity index is 1030. The van der Waals surface area contributed by atoms with E-state index in [-0.39, 0.29) is 11.8 Å². The SMILES string of the molecule is CCCNC(=O)c1cncc(CC2CCN(C(=O)c3ccc4nccn4c3)C2)c1. The van der Waals surface area contributed by atoms with E-state index in [1.807, 2.05) is 53.0 Å². The van der Waals surface area contributed by atoms with Gasteiger partial charge in [-0.1, -0.05) is 6.92 Å². The van der Waals surface area contributed by atoms with Crippen LogP contribution < -0.4 is 5.32 Å². The van der Waals surface area contributed by atoms with Crippen molar-refractivity contribution in [2.75, 3.05) is 19.6 Å². The summed E-state index contributed by atoms with van der Waals surface area (Å²) in [5.74, 6) is 0.333. The first-order chi connectivity index (χ1) is 14.1. The minimum atomic E-state index is -0.0840. The maximum atomic E-state index is 12.9. The van der Waals surface area contributed by atoms with E-state index in [9.17, 15) is 9.59 Å². The van der Waals surface area contributed by atoms with Gasteiger partial charge < -0.3 is 14.6 Å². The van der Waals surface area contributed by atoms with E-state index in [1.54, 1.807) is 12.4 Å². The number of fused-ring (bicyclic) bond motifs is 1. The molecule has 0 bridgehead atoms. The summed E-state index contributed by atoms with van der Waals surface area (Å²) in [7, 11) is 0. The lowest BCUT2D eigenvalue weighted by Gasteiger charge is -2.17. The molecule has 3 aromatic rings. The molecule has 1 N–H and O–H groups in total. The summed E-state index contributed by atoms with van der Waals surface area (Å²) in [6.45, 7) is 4.14. The van der Waals surface area contributed by atoms with Gasteiger partial charge in [0.15, 0.2) is 0 Å². The van der Waals surface area contributed by atoms with Crippen LogP contribution in [0.2, 0.25) is 0 Å². The molecule has 0 aromatic carbocycles. The minimum Gasteiger partial charge on any atom is -0.352 e. The van der Waals surface area contributed by atoms with E-state index in [0.29, 0.717) is 30.1 Å². The molecule has 29 heavy (non-hydrogen) atoms. The number of nitrogens with zero attached hydrogens (tertiary/aromatic N) is 4. The predicted octanol–water partition coefficient (Wildman–Crippen LogP) is 2.57. The summed E-state index contributed by atoms with van der Waals surface area (Å²) in [6, 6.07) is 5.61. The van der Waals surface area contributed by atoms with Crippen molar-refractivity contribution in [2.45, 2.75) is 26.2 Å². The highest BCUT2D eigenvalue weighted by Gasteiger charge is 2.27. The molecule has 0 aliphatic carbocycles. The Balaban J connectivity index is 1.38. The van der Waals surface area contributed by atoms with Crippen LogP contribution >= 0.6 is 0 Å². The van der Waals surface area contributed by atoms with Crippen LogP contribution in [0.3, 0.4) is 0 Å². The number of nitrogens with one attached hydrogen (secondary N) is 1. The van der Waals surface area contributed by atoms with Gasteiger partial charge in [-0.2, -0.15) is 0 Å². The lowest BCUT2D eigenvalue weighted by molar-refractivity contribution is 0.0786. The maximum absolute atomic E-state index is 12.9. The number of hydrogen-bond acceptors (Lipinski definition) is 4. The molecule has 1 atom stereocenters. The largest absolute Gasteiger partial charge is 0.352 e. The van der Waals surface area contributed by atoms with Gasteiger partial charge >= 0.3 is 0 Å². The van der Waals surface area contributed by atoms with Gasteiger partial charge in [-0.3, -0.25) is 14.6 Å². The first-order valence-electron chi connectivity index (χ1n) is 10.1. The lowest BCUT2D eigenvalue weighted by Crippen LogP contribution is -2.29. The van der Waals surface area contributed by atoms with Crippen molar-refractivity contribution in [3.05, 3.63) is 65.9 Å². The molecule has 1 unspecified atom stereocenters. The van der Waals surface area contributed by atoms with E-state index in [2.05, 4.69) is 15.3 Å². The van der Waals surface area contributed by atoms with Gasteiger partial charge in [0.05, 0.1) is 11.1 Å². The van der Waals surface area contributed by atoms with Crippen LogP contribution in [0, 0.1) is 5.92 Å². The van der Waals surface area contributed by atoms with Crippen molar-refractivity contribution >= 4 is 17.5 Å². The van der Waals surface area contributed by atoms with Crippen LogP contribution in [-0.4, -0.2) is 50.7 Å². The summed E-state index contributed by atoms with van der Waals surface area (Å²) in [4.78, 5) is 35.4. The zero-order valence-corrected chi connectivity index (χ0v) is 16.5. The second-order valence-electron chi connectivity index (χ2n) is 7.56. The summed E-state index contributed by atoms with van der Waals surface area (Å²) < 4.78 is 1.86. The van der Waals surface area contributed by atoms with Gasteiger partial charge in [0.25, 0.3) is 11.8 Å². The van der Waals surface area contributed by atoms with Gasteiger partial charge in [-0.25, -0.2) is 4.98 Å². The van der Waals surface area contributed by atoms with Crippen LogP contribution in [0.15, 0.2) is 49.2 Å². The third kappa shape index (κ3) is 4.29. The van der Waals surface area contributed by atoms with Crippen molar-refractivity contribution in [2.24, 2.45) is 5.92 Å². The Hall–Kier alpha value is -3.22. The maximum Gasteiger partial charge on any atom is 0.255 e. The molecule has 1 fully saturated rings. The number of pyridine rings is 2. The Morgan fingerprint density at radius 1 is 1.24 bits per heavy atom. The van der Waals surface area contributed by atoms with Crippen LogP contribution in [0.1, 0.15) is 46.0 Å². The number of aromatic nitrogens is 3. The van der Waals surface area contributed by atoms with Gasteiger partial charge in [-0.15, -0.1) is 0 Å². The highest BCUT2D eigenvalue weighted by Crippen LogP contribution is 2.23. The van der Waals surface area contributed by atoms with Crippen molar-refractivity contribution in [1.29, 1.82) is 0 Å². The number of amides is 2. The first kappa shape index (κ1) is 19.1. The Morgan fingerprint density at radius 2 is 2.14 bits per heavy atom. The fourth-order valence-corrected chi connectivity index (χ4v) is 3.81. The van der Waals surface area contributed by atoms with Gasteiger partial charge in [-0.05, 0) is 48.9 Å². The Kier molecular flexibility index (Phi) is 5.55. The van der Waals surface area contributed by atoms with E-state index < -0.39 is 0 Å². The quantitative estimate of drug-likeness (QED) is 0.700. The van der Waals surface area contributed by atoms with Gasteiger partial charge in [0.2, 0.25) is 0 Å². The third-order valence-electron chi connectivity index (χ3n) is 5.33. The standard InChI is InChI=1S/C22H25N5O2/c1-2-6-25-21(28)19-11-17(12-23-13-19)10-16-5-8-27(14-16)22(29)18-3-4-20-24-7-9-26(20)15-18/h3-4,7,9,11-13,15-16H,2,5-6,8,10,14H2,1H3,(H,25,28). The highest BCUT2D eigenvalue weighted by molar-refractivity contribution is 5.94. The first-order valence-corrected chi connectivity index (χ1v) is 10.1. The van der Waals surface area contributed by atoms with Crippen LogP contribution in [0.5, 0.6) is 0 Å². The summed E-state index contributed by atoms with van der Waals surface area (Å²) in [6.07, 6.45) is 11.5. The molecular weight excluding hydrogens is 366 g/mol. The number of rotatable bonds is 6. The molecular formula is C22H25N5O2. The topological polar surface area (TPSA) is 79.6 Å². The molecule has 2 amide bonds. The zero-order chi connectivity index (χ0) is 20.2. The van der Waals surface area contributed by atoms with Crippen LogP contribution in [-0.2, 0) is 6.42 Å². The summed E-state index contributed by atoms with van der Waals surface area (Å²) in [5.41, 5.74) is 3.13. The minimum absolute atomic E-state index is 0.0499. The lowest BCUT2D eigenvalue weighted by atomic mass is 9.99. The molecule has 0 spiro atoms. The second kappa shape index (κ2) is 8.43. The van der Waals surface area contributed by atoms with E-state index in [4.69, 9.17) is 0 Å². The number of likely N-dealkylation sites (tertiary alicyclic amines) is 1. The molecule has 7 nitrogen and oxygen atoms in total. The molecule has 1 aliphatic rings. The summed E-state index contributed by atoms with van der Waals surface area (Å²) >= 11 is 0. The molecule has 1 saturated heterocycles. The normalized spacial score (nSPS) is 16.3.